The second-order valence-corrected chi connectivity index (χ2v) is 10.8. The van der Waals surface area contributed by atoms with Gasteiger partial charge in [-0.2, -0.15) is 0 Å². The lowest BCUT2D eigenvalue weighted by molar-refractivity contribution is -0.140. The monoisotopic (exact) mass is 572 g/mol. The standard InChI is InChI=1S/C31H29FN4O4S/c1-35(30(40)22(16-29(38)39)15-20-7-3-2-4-8-20)31-34-26(19-41-31)25-17-23(32)11-12-24(25)21-10-13-27(33-18-21)36-14-6-5-9-28(36)37/h2-4,7-8,10-13,17-19,22H,5-6,9,14-16H2,1H3,(H,38,39). The van der Waals surface area contributed by atoms with E-state index in [1.165, 1.54) is 28.4 Å². The van der Waals surface area contributed by atoms with E-state index < -0.39 is 17.7 Å². The molecule has 1 fully saturated rings. The van der Waals surface area contributed by atoms with Gasteiger partial charge in [0.05, 0.1) is 18.0 Å². The van der Waals surface area contributed by atoms with Crippen LogP contribution in [0.15, 0.2) is 72.2 Å². The summed E-state index contributed by atoms with van der Waals surface area (Å²) in [6.45, 7) is 0.638. The molecule has 2 amide bonds. The molecule has 0 spiro atoms. The molecule has 4 aromatic rings. The van der Waals surface area contributed by atoms with Crippen LogP contribution in [-0.4, -0.2) is 46.5 Å². The predicted molar refractivity (Wildman–Crippen MR) is 156 cm³/mol. The number of amides is 2. The third kappa shape index (κ3) is 6.49. The lowest BCUT2D eigenvalue weighted by Crippen LogP contribution is -2.35. The molecule has 0 saturated carbocycles. The second-order valence-electron chi connectivity index (χ2n) is 9.99. The number of hydrogen-bond acceptors (Lipinski definition) is 6. The maximum Gasteiger partial charge on any atom is 0.304 e. The minimum absolute atomic E-state index is 0.0574. The molecule has 1 atom stereocenters. The normalized spacial score (nSPS) is 14.1. The first-order chi connectivity index (χ1) is 19.8. The fourth-order valence-electron chi connectivity index (χ4n) is 5.00. The molecule has 5 rings (SSSR count). The van der Waals surface area contributed by atoms with Gasteiger partial charge in [-0.3, -0.25) is 24.2 Å². The number of thiazole rings is 1. The maximum atomic E-state index is 14.4. The molecule has 10 heteroatoms. The number of piperidine rings is 1. The number of benzene rings is 2. The number of hydrogen-bond donors (Lipinski definition) is 1. The van der Waals surface area contributed by atoms with Gasteiger partial charge in [-0.15, -0.1) is 11.3 Å². The number of carbonyl (C=O) groups excluding carboxylic acids is 2. The summed E-state index contributed by atoms with van der Waals surface area (Å²) < 4.78 is 14.4. The number of halogens is 1. The molecule has 1 aliphatic rings. The number of rotatable bonds is 9. The second kappa shape index (κ2) is 12.4. The average molecular weight is 573 g/mol. The van der Waals surface area contributed by atoms with Crippen LogP contribution < -0.4 is 9.80 Å². The van der Waals surface area contributed by atoms with Gasteiger partial charge in [-0.25, -0.2) is 14.4 Å². The highest BCUT2D eigenvalue weighted by atomic mass is 32.1. The first kappa shape index (κ1) is 28.1. The lowest BCUT2D eigenvalue weighted by Gasteiger charge is -2.25. The van der Waals surface area contributed by atoms with Crippen molar-refractivity contribution in [2.45, 2.75) is 32.1 Å². The van der Waals surface area contributed by atoms with Gasteiger partial charge < -0.3 is 5.11 Å². The summed E-state index contributed by atoms with van der Waals surface area (Å²) in [6, 6.07) is 17.3. The number of pyridine rings is 1. The third-order valence-corrected chi connectivity index (χ3v) is 8.04. The van der Waals surface area contributed by atoms with Gasteiger partial charge in [-0.1, -0.05) is 36.4 Å². The van der Waals surface area contributed by atoms with Gasteiger partial charge in [0.25, 0.3) is 0 Å². The molecule has 1 unspecified atom stereocenters. The Morgan fingerprint density at radius 1 is 1.10 bits per heavy atom. The first-order valence-electron chi connectivity index (χ1n) is 13.4. The SMILES string of the molecule is CN(C(=O)C(CC(=O)O)Cc1ccccc1)c1nc(-c2cc(F)ccc2-c2ccc(N3CCCCC3=O)nc2)cs1. The predicted octanol–water partition coefficient (Wildman–Crippen LogP) is 5.82. The molecule has 1 aliphatic heterocycles. The number of aliphatic carboxylic acids is 1. The highest BCUT2D eigenvalue weighted by Crippen LogP contribution is 2.36. The quantitative estimate of drug-likeness (QED) is 0.271. The van der Waals surface area contributed by atoms with E-state index in [-0.39, 0.29) is 24.7 Å². The van der Waals surface area contributed by atoms with Crippen LogP contribution in [0.2, 0.25) is 0 Å². The molecular weight excluding hydrogens is 543 g/mol. The maximum absolute atomic E-state index is 14.4. The van der Waals surface area contributed by atoms with E-state index in [2.05, 4.69) is 9.97 Å². The van der Waals surface area contributed by atoms with E-state index in [9.17, 15) is 23.9 Å². The van der Waals surface area contributed by atoms with Crippen LogP contribution in [0.5, 0.6) is 0 Å². The van der Waals surface area contributed by atoms with Gasteiger partial charge in [0.15, 0.2) is 5.13 Å². The van der Waals surface area contributed by atoms with Gasteiger partial charge in [0.2, 0.25) is 11.8 Å². The number of nitrogens with zero attached hydrogens (tertiary/aromatic N) is 4. The Kier molecular flexibility index (Phi) is 8.49. The molecule has 2 aromatic carbocycles. The topological polar surface area (TPSA) is 104 Å². The molecule has 1 saturated heterocycles. The van der Waals surface area contributed by atoms with Crippen molar-refractivity contribution in [1.29, 1.82) is 0 Å². The summed E-state index contributed by atoms with van der Waals surface area (Å²) in [5, 5.41) is 11.6. The number of carboxylic acid groups (broad SMARTS) is 1. The van der Waals surface area contributed by atoms with E-state index in [0.29, 0.717) is 40.7 Å². The molecule has 1 N–H and O–H groups in total. The minimum Gasteiger partial charge on any atom is -0.481 e. The number of aromatic nitrogens is 2. The van der Waals surface area contributed by atoms with Crippen molar-refractivity contribution in [3.8, 4) is 22.4 Å². The minimum atomic E-state index is -1.05. The Morgan fingerprint density at radius 3 is 2.61 bits per heavy atom. The Hall–Kier alpha value is -4.44. The Morgan fingerprint density at radius 2 is 1.90 bits per heavy atom. The summed E-state index contributed by atoms with van der Waals surface area (Å²) in [5.41, 5.74) is 3.32. The zero-order valence-corrected chi connectivity index (χ0v) is 23.3. The van der Waals surface area contributed by atoms with E-state index >= 15 is 0 Å². The van der Waals surface area contributed by atoms with Crippen LogP contribution in [0.25, 0.3) is 22.4 Å². The summed E-state index contributed by atoms with van der Waals surface area (Å²) in [5.74, 6) is -1.97. The van der Waals surface area contributed by atoms with Crippen molar-refractivity contribution in [3.63, 3.8) is 0 Å². The molecule has 2 aromatic heterocycles. The molecule has 41 heavy (non-hydrogen) atoms. The molecular formula is C31H29FN4O4S. The van der Waals surface area contributed by atoms with E-state index in [4.69, 9.17) is 0 Å². The van der Waals surface area contributed by atoms with Gasteiger partial charge in [-0.05, 0) is 54.7 Å². The van der Waals surface area contributed by atoms with Gasteiger partial charge >= 0.3 is 5.97 Å². The third-order valence-electron chi connectivity index (χ3n) is 7.12. The van der Waals surface area contributed by atoms with Crippen LogP contribution in [0.4, 0.5) is 15.3 Å². The van der Waals surface area contributed by atoms with Crippen LogP contribution in [0.3, 0.4) is 0 Å². The molecule has 0 radical (unpaired) electrons. The summed E-state index contributed by atoms with van der Waals surface area (Å²) in [6.07, 6.45) is 3.97. The molecule has 0 aliphatic carbocycles. The molecule has 0 bridgehead atoms. The van der Waals surface area contributed by atoms with Crippen LogP contribution in [-0.2, 0) is 20.8 Å². The van der Waals surface area contributed by atoms with Crippen LogP contribution >= 0.6 is 11.3 Å². The fraction of sp³-hybridized carbons (Fsp3) is 0.258. The Balaban J connectivity index is 1.40. The van der Waals surface area contributed by atoms with E-state index in [0.717, 1.165) is 24.0 Å². The van der Waals surface area contributed by atoms with E-state index in [1.807, 2.05) is 36.4 Å². The van der Waals surface area contributed by atoms with Crippen LogP contribution in [0.1, 0.15) is 31.2 Å². The smallest absolute Gasteiger partial charge is 0.304 e. The number of carboxylic acids is 1. The fourth-order valence-corrected chi connectivity index (χ4v) is 5.80. The average Bonchev–Trinajstić information content (AvgIpc) is 3.47. The van der Waals surface area contributed by atoms with Crippen molar-refractivity contribution < 1.29 is 23.9 Å². The summed E-state index contributed by atoms with van der Waals surface area (Å²) >= 11 is 1.22. The lowest BCUT2D eigenvalue weighted by atomic mass is 9.95. The van der Waals surface area contributed by atoms with E-state index in [1.54, 1.807) is 35.7 Å². The van der Waals surface area contributed by atoms with Crippen LogP contribution in [0, 0.1) is 11.7 Å². The Labute approximate surface area is 241 Å². The molecule has 210 valence electrons. The summed E-state index contributed by atoms with van der Waals surface area (Å²) in [4.78, 5) is 49.4. The Bertz CT molecular complexity index is 1560. The van der Waals surface area contributed by atoms with Crippen molar-refractivity contribution in [3.05, 3.63) is 83.6 Å². The van der Waals surface area contributed by atoms with Crippen molar-refractivity contribution in [2.24, 2.45) is 5.92 Å². The zero-order chi connectivity index (χ0) is 28.9. The summed E-state index contributed by atoms with van der Waals surface area (Å²) in [7, 11) is 1.57. The van der Waals surface area contributed by atoms with Crippen molar-refractivity contribution >= 4 is 40.1 Å². The van der Waals surface area contributed by atoms with Crippen molar-refractivity contribution in [1.82, 2.24) is 9.97 Å². The van der Waals surface area contributed by atoms with Crippen molar-refractivity contribution in [2.75, 3.05) is 23.4 Å². The largest absolute Gasteiger partial charge is 0.481 e. The highest BCUT2D eigenvalue weighted by Gasteiger charge is 2.28. The zero-order valence-electron chi connectivity index (χ0n) is 22.5. The highest BCUT2D eigenvalue weighted by molar-refractivity contribution is 7.14. The molecule has 8 nitrogen and oxygen atoms in total. The number of anilines is 2. The molecule has 3 heterocycles. The van der Waals surface area contributed by atoms with Gasteiger partial charge in [0.1, 0.15) is 11.6 Å². The van der Waals surface area contributed by atoms with Gasteiger partial charge in [0, 0.05) is 42.7 Å². The number of carbonyl (C=O) groups is 3. The first-order valence-corrected chi connectivity index (χ1v) is 14.2.